The van der Waals surface area contributed by atoms with Crippen LogP contribution in [0.1, 0.15) is 30.2 Å². The zero-order chi connectivity index (χ0) is 10.6. The maximum absolute atomic E-state index is 4.26. The molecule has 3 saturated heterocycles. The molecule has 0 aromatic carbocycles. The van der Waals surface area contributed by atoms with E-state index in [1.54, 1.807) is 11.5 Å². The summed E-state index contributed by atoms with van der Waals surface area (Å²) in [6.45, 7) is 3.73. The van der Waals surface area contributed by atoms with E-state index < -0.39 is 0 Å². The summed E-state index contributed by atoms with van der Waals surface area (Å²) in [5.74, 6) is 0.926. The van der Waals surface area contributed by atoms with E-state index in [-0.39, 0.29) is 0 Å². The molecule has 16 heavy (non-hydrogen) atoms. The molecule has 0 amide bonds. The van der Waals surface area contributed by atoms with Gasteiger partial charge in [0, 0.05) is 29.2 Å². The fourth-order valence-corrected chi connectivity index (χ4v) is 4.89. The third kappa shape index (κ3) is 1.08. The normalized spacial score (nSPS) is 45.9. The summed E-state index contributed by atoms with van der Waals surface area (Å²) in [6, 6.07) is 2.89. The molecule has 4 heteroatoms. The van der Waals surface area contributed by atoms with Gasteiger partial charge >= 0.3 is 0 Å². The van der Waals surface area contributed by atoms with Crippen LogP contribution in [0.5, 0.6) is 0 Å². The Morgan fingerprint density at radius 1 is 1.56 bits per heavy atom. The van der Waals surface area contributed by atoms with Crippen LogP contribution in [0.25, 0.3) is 0 Å². The largest absolute Gasteiger partial charge is 0.315 e. The fraction of sp³-hybridized carbons (Fsp3) is 0.750. The molecule has 3 aliphatic heterocycles. The standard InChI is InChI=1S/C12H17N3S/c1-4-14-16-11(1)10-7-9-2-6-15(10)12(9)3-5-13-8-12/h1,4,9-10,13H,2-3,5-8H2. The van der Waals surface area contributed by atoms with Crippen LogP contribution in [-0.2, 0) is 0 Å². The molecule has 1 aromatic rings. The summed E-state index contributed by atoms with van der Waals surface area (Å²) < 4.78 is 4.26. The van der Waals surface area contributed by atoms with Crippen LogP contribution in [0.15, 0.2) is 12.3 Å². The minimum absolute atomic E-state index is 0.509. The maximum Gasteiger partial charge on any atom is 0.0467 e. The van der Waals surface area contributed by atoms with Crippen molar-refractivity contribution in [1.29, 1.82) is 0 Å². The first-order chi connectivity index (χ1) is 7.90. The first kappa shape index (κ1) is 9.57. The topological polar surface area (TPSA) is 28.2 Å². The second-order valence-electron chi connectivity index (χ2n) is 5.38. The molecule has 1 spiro atoms. The highest BCUT2D eigenvalue weighted by molar-refractivity contribution is 7.05. The summed E-state index contributed by atoms with van der Waals surface area (Å²) in [4.78, 5) is 4.26. The first-order valence-corrected chi connectivity index (χ1v) is 7.05. The number of hydrogen-bond donors (Lipinski definition) is 1. The lowest BCUT2D eigenvalue weighted by Gasteiger charge is -2.33. The van der Waals surface area contributed by atoms with Crippen LogP contribution < -0.4 is 5.32 Å². The highest BCUT2D eigenvalue weighted by Crippen LogP contribution is 2.55. The molecule has 4 heterocycles. The van der Waals surface area contributed by atoms with Gasteiger partial charge in [0.25, 0.3) is 0 Å². The Morgan fingerprint density at radius 3 is 3.31 bits per heavy atom. The molecule has 1 N–H and O–H groups in total. The van der Waals surface area contributed by atoms with Gasteiger partial charge in [-0.3, -0.25) is 4.90 Å². The van der Waals surface area contributed by atoms with Crippen LogP contribution in [0.3, 0.4) is 0 Å². The van der Waals surface area contributed by atoms with E-state index in [2.05, 4.69) is 20.7 Å². The maximum atomic E-state index is 4.26. The van der Waals surface area contributed by atoms with E-state index in [1.807, 2.05) is 6.20 Å². The quantitative estimate of drug-likeness (QED) is 0.802. The highest BCUT2D eigenvalue weighted by atomic mass is 32.1. The van der Waals surface area contributed by atoms with Crippen LogP contribution in [0.2, 0.25) is 0 Å². The zero-order valence-corrected chi connectivity index (χ0v) is 10.2. The molecule has 3 fully saturated rings. The second kappa shape index (κ2) is 3.28. The number of nitrogens with zero attached hydrogens (tertiary/aromatic N) is 2. The number of rotatable bonds is 1. The van der Waals surface area contributed by atoms with Crippen molar-refractivity contribution in [2.75, 3.05) is 19.6 Å². The molecule has 4 atom stereocenters. The Labute approximate surface area is 100 Å². The summed E-state index contributed by atoms with van der Waals surface area (Å²) in [6.07, 6.45) is 6.08. The van der Waals surface area contributed by atoms with Gasteiger partial charge in [-0.25, -0.2) is 4.37 Å². The van der Waals surface area contributed by atoms with E-state index in [0.717, 1.165) is 5.92 Å². The number of hydrogen-bond acceptors (Lipinski definition) is 4. The smallest absolute Gasteiger partial charge is 0.0467 e. The van der Waals surface area contributed by atoms with Crippen molar-refractivity contribution in [3.05, 3.63) is 17.1 Å². The average molecular weight is 235 g/mol. The Hall–Kier alpha value is -0.450. The van der Waals surface area contributed by atoms with Crippen LogP contribution in [0, 0.1) is 5.92 Å². The fourth-order valence-electron chi connectivity index (χ4n) is 4.18. The van der Waals surface area contributed by atoms with Gasteiger partial charge in [-0.1, -0.05) is 0 Å². The minimum atomic E-state index is 0.509. The molecule has 3 nitrogen and oxygen atoms in total. The predicted octanol–water partition coefficient (Wildman–Crippen LogP) is 1.64. The zero-order valence-electron chi connectivity index (χ0n) is 9.35. The van der Waals surface area contributed by atoms with Gasteiger partial charge in [-0.15, -0.1) is 0 Å². The summed E-state index contributed by atoms with van der Waals surface area (Å²) in [5.41, 5.74) is 0.509. The SMILES string of the molecule is c1cc(C2CC3CC[N@@]2C32CCNC2)sn1. The third-order valence-corrected chi connectivity index (χ3v) is 5.73. The number of aromatic nitrogens is 1. The lowest BCUT2D eigenvalue weighted by Crippen LogP contribution is -2.44. The Bertz CT molecular complexity index is 383. The Morgan fingerprint density at radius 2 is 2.56 bits per heavy atom. The van der Waals surface area contributed by atoms with Gasteiger partial charge in [-0.2, -0.15) is 0 Å². The van der Waals surface area contributed by atoms with Crippen molar-refractivity contribution < 1.29 is 0 Å². The molecule has 0 radical (unpaired) electrons. The van der Waals surface area contributed by atoms with Gasteiger partial charge < -0.3 is 5.32 Å². The summed E-state index contributed by atoms with van der Waals surface area (Å²) in [5, 5.41) is 3.57. The van der Waals surface area contributed by atoms with Gasteiger partial charge in [0.2, 0.25) is 0 Å². The van der Waals surface area contributed by atoms with E-state index in [4.69, 9.17) is 0 Å². The van der Waals surface area contributed by atoms with Crippen molar-refractivity contribution >= 4 is 11.5 Å². The predicted molar refractivity (Wildman–Crippen MR) is 64.5 cm³/mol. The Kier molecular flexibility index (Phi) is 1.96. The van der Waals surface area contributed by atoms with E-state index in [1.165, 1.54) is 43.8 Å². The third-order valence-electron chi connectivity index (χ3n) is 4.89. The monoisotopic (exact) mass is 235 g/mol. The number of piperidine rings is 1. The highest BCUT2D eigenvalue weighted by Gasteiger charge is 2.58. The van der Waals surface area contributed by atoms with E-state index in [9.17, 15) is 0 Å². The molecule has 3 aliphatic rings. The van der Waals surface area contributed by atoms with Crippen molar-refractivity contribution in [2.45, 2.75) is 30.8 Å². The lowest BCUT2D eigenvalue weighted by molar-refractivity contribution is 0.148. The number of nitrogens with one attached hydrogen (secondary N) is 1. The van der Waals surface area contributed by atoms with Crippen LogP contribution in [-0.4, -0.2) is 34.4 Å². The first-order valence-electron chi connectivity index (χ1n) is 6.28. The van der Waals surface area contributed by atoms with Gasteiger partial charge in [0.1, 0.15) is 0 Å². The van der Waals surface area contributed by atoms with Crippen LogP contribution >= 0.6 is 11.5 Å². The van der Waals surface area contributed by atoms with Gasteiger partial charge in [0.05, 0.1) is 0 Å². The molecule has 2 bridgehead atoms. The summed E-state index contributed by atoms with van der Waals surface area (Å²) in [7, 11) is 0. The molecule has 0 aliphatic carbocycles. The molecule has 0 saturated carbocycles. The Balaban J connectivity index is 1.70. The molecular weight excluding hydrogens is 218 g/mol. The van der Waals surface area contributed by atoms with Crippen molar-refractivity contribution in [2.24, 2.45) is 5.92 Å². The minimum Gasteiger partial charge on any atom is -0.315 e. The molecular formula is C12H17N3S. The average Bonchev–Trinajstić information content (AvgIpc) is 3.08. The van der Waals surface area contributed by atoms with Crippen molar-refractivity contribution in [3.63, 3.8) is 0 Å². The molecule has 1 aromatic heterocycles. The lowest BCUT2D eigenvalue weighted by atomic mass is 9.85. The molecule has 4 rings (SSSR count). The van der Waals surface area contributed by atoms with Crippen molar-refractivity contribution in [1.82, 2.24) is 14.6 Å². The summed E-state index contributed by atoms with van der Waals surface area (Å²) >= 11 is 1.69. The van der Waals surface area contributed by atoms with E-state index >= 15 is 0 Å². The van der Waals surface area contributed by atoms with Gasteiger partial charge in [0.15, 0.2) is 0 Å². The molecule has 86 valence electrons. The van der Waals surface area contributed by atoms with Gasteiger partial charge in [-0.05, 0) is 55.9 Å². The van der Waals surface area contributed by atoms with E-state index in [0.29, 0.717) is 11.6 Å². The molecule has 3 unspecified atom stereocenters. The second-order valence-corrected chi connectivity index (χ2v) is 6.24. The van der Waals surface area contributed by atoms with Crippen LogP contribution in [0.4, 0.5) is 0 Å². The van der Waals surface area contributed by atoms with Crippen molar-refractivity contribution in [3.8, 4) is 0 Å².